The molecule has 1 fully saturated rings. The number of fused-ring (bicyclic) bond motifs is 1. The Morgan fingerprint density at radius 2 is 2.00 bits per heavy atom. The summed E-state index contributed by atoms with van der Waals surface area (Å²) in [5.41, 5.74) is 2.02. The van der Waals surface area contributed by atoms with Crippen LogP contribution in [0.5, 0.6) is 0 Å². The number of aromatic nitrogens is 2. The van der Waals surface area contributed by atoms with Crippen molar-refractivity contribution in [3.8, 4) is 0 Å². The van der Waals surface area contributed by atoms with E-state index in [0.717, 1.165) is 29.8 Å². The molecule has 3 aromatic rings. The van der Waals surface area contributed by atoms with Gasteiger partial charge in [-0.15, -0.1) is 0 Å². The predicted octanol–water partition coefficient (Wildman–Crippen LogP) is 3.22. The number of anilines is 1. The van der Waals surface area contributed by atoms with Crippen molar-refractivity contribution >= 4 is 22.7 Å². The fourth-order valence-electron chi connectivity index (χ4n) is 3.78. The van der Waals surface area contributed by atoms with Gasteiger partial charge >= 0.3 is 0 Å². The molecule has 0 spiro atoms. The van der Waals surface area contributed by atoms with Crippen LogP contribution in [0.15, 0.2) is 47.5 Å². The Morgan fingerprint density at radius 3 is 2.77 bits per heavy atom. The number of hydrogen-bond donors (Lipinski definition) is 3. The van der Waals surface area contributed by atoms with Gasteiger partial charge in [0.1, 0.15) is 23.1 Å². The van der Waals surface area contributed by atoms with Crippen molar-refractivity contribution in [2.24, 2.45) is 4.99 Å². The van der Waals surface area contributed by atoms with Crippen molar-refractivity contribution in [1.29, 1.82) is 0 Å². The van der Waals surface area contributed by atoms with Gasteiger partial charge in [-0.1, -0.05) is 18.2 Å². The van der Waals surface area contributed by atoms with Crippen LogP contribution in [0.25, 0.3) is 11.0 Å². The molecule has 8 heteroatoms. The Labute approximate surface area is 174 Å². The number of aromatic amines is 1. The standard InChI is InChI=1S/C22H26F2N6/c1-2-25-22(26-12-10-20-28-18-8-3-4-9-19(18)29-20)27-15-11-13-30(14-15)21-16(23)6-5-7-17(21)24/h3-9,15H,2,10-14H2,1H3,(H,28,29)(H2,25,26,27). The Morgan fingerprint density at radius 1 is 1.20 bits per heavy atom. The van der Waals surface area contributed by atoms with E-state index in [-0.39, 0.29) is 11.7 Å². The van der Waals surface area contributed by atoms with Gasteiger partial charge in [-0.2, -0.15) is 0 Å². The van der Waals surface area contributed by atoms with Crippen LogP contribution in [0.2, 0.25) is 0 Å². The first kappa shape index (κ1) is 20.1. The third kappa shape index (κ3) is 4.53. The van der Waals surface area contributed by atoms with Crippen LogP contribution in [-0.2, 0) is 6.42 Å². The van der Waals surface area contributed by atoms with E-state index in [1.165, 1.54) is 18.2 Å². The molecular weight excluding hydrogens is 386 g/mol. The van der Waals surface area contributed by atoms with Crippen molar-refractivity contribution in [2.75, 3.05) is 31.1 Å². The van der Waals surface area contributed by atoms with Crippen molar-refractivity contribution in [3.05, 3.63) is 59.9 Å². The molecule has 2 heterocycles. The number of guanidine groups is 1. The lowest BCUT2D eigenvalue weighted by molar-refractivity contribution is 0.576. The maximum absolute atomic E-state index is 14.1. The zero-order chi connectivity index (χ0) is 20.9. The number of nitrogens with zero attached hydrogens (tertiary/aromatic N) is 3. The molecule has 1 aromatic heterocycles. The third-order valence-electron chi connectivity index (χ3n) is 5.18. The Kier molecular flexibility index (Phi) is 6.11. The van der Waals surface area contributed by atoms with Gasteiger partial charge in [0, 0.05) is 38.6 Å². The van der Waals surface area contributed by atoms with Crippen LogP contribution in [0.1, 0.15) is 19.2 Å². The molecule has 0 amide bonds. The highest BCUT2D eigenvalue weighted by Crippen LogP contribution is 2.26. The van der Waals surface area contributed by atoms with Crippen molar-refractivity contribution in [3.63, 3.8) is 0 Å². The fraction of sp³-hybridized carbons (Fsp3) is 0.364. The maximum Gasteiger partial charge on any atom is 0.191 e. The van der Waals surface area contributed by atoms with Gasteiger partial charge in [-0.25, -0.2) is 13.8 Å². The number of para-hydroxylation sites is 3. The van der Waals surface area contributed by atoms with Gasteiger partial charge in [-0.05, 0) is 37.6 Å². The van der Waals surface area contributed by atoms with Gasteiger partial charge in [0.15, 0.2) is 5.96 Å². The SMILES string of the molecule is CCNC(=NCCc1nc2ccccc2[nH]1)NC1CCN(c2c(F)cccc2F)C1. The number of benzene rings is 2. The van der Waals surface area contributed by atoms with Crippen LogP contribution in [0.3, 0.4) is 0 Å². The average molecular weight is 412 g/mol. The van der Waals surface area contributed by atoms with Crippen molar-refractivity contribution in [1.82, 2.24) is 20.6 Å². The number of rotatable bonds is 6. The molecule has 4 rings (SSSR count). The third-order valence-corrected chi connectivity index (χ3v) is 5.18. The molecule has 6 nitrogen and oxygen atoms in total. The lowest BCUT2D eigenvalue weighted by atomic mass is 10.2. The van der Waals surface area contributed by atoms with Crippen LogP contribution in [0.4, 0.5) is 14.5 Å². The molecular formula is C22H26F2N6. The average Bonchev–Trinajstić information content (AvgIpc) is 3.34. The van der Waals surface area contributed by atoms with Gasteiger partial charge < -0.3 is 20.5 Å². The second kappa shape index (κ2) is 9.11. The first-order valence-corrected chi connectivity index (χ1v) is 10.3. The molecule has 158 valence electrons. The summed E-state index contributed by atoms with van der Waals surface area (Å²) in [5, 5.41) is 6.63. The van der Waals surface area contributed by atoms with E-state index >= 15 is 0 Å². The van der Waals surface area contributed by atoms with Crippen molar-refractivity contribution < 1.29 is 8.78 Å². The first-order valence-electron chi connectivity index (χ1n) is 10.3. The molecule has 0 radical (unpaired) electrons. The van der Waals surface area contributed by atoms with Crippen molar-refractivity contribution in [2.45, 2.75) is 25.8 Å². The second-order valence-electron chi connectivity index (χ2n) is 7.36. The quantitative estimate of drug-likeness (QED) is 0.430. The summed E-state index contributed by atoms with van der Waals surface area (Å²) in [7, 11) is 0. The van der Waals surface area contributed by atoms with Crippen LogP contribution in [-0.4, -0.2) is 48.1 Å². The van der Waals surface area contributed by atoms with E-state index in [1.54, 1.807) is 4.90 Å². The summed E-state index contributed by atoms with van der Waals surface area (Å²) in [6, 6.07) is 12.0. The zero-order valence-electron chi connectivity index (χ0n) is 17.0. The number of aliphatic imine (C=N–C) groups is 1. The summed E-state index contributed by atoms with van der Waals surface area (Å²) in [5.74, 6) is 0.552. The highest BCUT2D eigenvalue weighted by atomic mass is 19.1. The molecule has 1 unspecified atom stereocenters. The normalized spacial score (nSPS) is 17.0. The molecule has 1 atom stereocenters. The van der Waals surface area contributed by atoms with Gasteiger partial charge in [0.2, 0.25) is 0 Å². The van der Waals surface area contributed by atoms with E-state index in [0.29, 0.717) is 32.0 Å². The molecule has 1 saturated heterocycles. The van der Waals surface area contributed by atoms with E-state index in [1.807, 2.05) is 31.2 Å². The van der Waals surface area contributed by atoms with Crippen LogP contribution < -0.4 is 15.5 Å². The Bertz CT molecular complexity index is 978. The van der Waals surface area contributed by atoms with Gasteiger partial charge in [-0.3, -0.25) is 4.99 Å². The molecule has 1 aliphatic rings. The van der Waals surface area contributed by atoms with E-state index in [2.05, 4.69) is 25.6 Å². The van der Waals surface area contributed by atoms with E-state index in [9.17, 15) is 8.78 Å². The number of halogens is 2. The lowest BCUT2D eigenvalue weighted by Crippen LogP contribution is -2.44. The molecule has 2 aromatic carbocycles. The number of imidazole rings is 1. The maximum atomic E-state index is 14.1. The molecule has 0 aliphatic carbocycles. The van der Waals surface area contributed by atoms with E-state index in [4.69, 9.17) is 0 Å². The predicted molar refractivity (Wildman–Crippen MR) is 116 cm³/mol. The number of hydrogen-bond acceptors (Lipinski definition) is 3. The molecule has 0 bridgehead atoms. The van der Waals surface area contributed by atoms with Gasteiger partial charge in [0.05, 0.1) is 11.0 Å². The lowest BCUT2D eigenvalue weighted by Gasteiger charge is -2.21. The van der Waals surface area contributed by atoms with Crippen LogP contribution >= 0.6 is 0 Å². The number of H-pyrrole nitrogens is 1. The van der Waals surface area contributed by atoms with E-state index < -0.39 is 11.6 Å². The summed E-state index contributed by atoms with van der Waals surface area (Å²) >= 11 is 0. The smallest absolute Gasteiger partial charge is 0.191 e. The molecule has 30 heavy (non-hydrogen) atoms. The zero-order valence-corrected chi connectivity index (χ0v) is 17.0. The van der Waals surface area contributed by atoms with Crippen LogP contribution in [0, 0.1) is 11.6 Å². The summed E-state index contributed by atoms with van der Waals surface area (Å²) < 4.78 is 28.1. The molecule has 3 N–H and O–H groups in total. The molecule has 1 aliphatic heterocycles. The second-order valence-corrected chi connectivity index (χ2v) is 7.36. The molecule has 0 saturated carbocycles. The highest BCUT2D eigenvalue weighted by Gasteiger charge is 2.27. The monoisotopic (exact) mass is 412 g/mol. The number of nitrogens with one attached hydrogen (secondary N) is 3. The first-order chi connectivity index (χ1) is 14.6. The summed E-state index contributed by atoms with van der Waals surface area (Å²) in [6.07, 6.45) is 1.48. The highest BCUT2D eigenvalue weighted by molar-refractivity contribution is 5.80. The summed E-state index contributed by atoms with van der Waals surface area (Å²) in [6.45, 7) is 4.42. The topological polar surface area (TPSA) is 68.3 Å². The minimum Gasteiger partial charge on any atom is -0.365 e. The minimum absolute atomic E-state index is 0.0497. The summed E-state index contributed by atoms with van der Waals surface area (Å²) in [4.78, 5) is 14.3. The minimum atomic E-state index is -0.526. The van der Waals surface area contributed by atoms with Gasteiger partial charge in [0.25, 0.3) is 0 Å². The largest absolute Gasteiger partial charge is 0.365 e. The Balaban J connectivity index is 1.36. The fourth-order valence-corrected chi connectivity index (χ4v) is 3.78. The Hall–Kier alpha value is -3.16.